The Morgan fingerprint density at radius 2 is 1.67 bits per heavy atom. The number of carbonyl (C=O) groups excluding carboxylic acids is 1. The number of benzene rings is 1. The van der Waals surface area contributed by atoms with Crippen LogP contribution >= 0.6 is 0 Å². The number of primary amides is 1. The van der Waals surface area contributed by atoms with E-state index < -0.39 is 18.3 Å². The Hall–Kier alpha value is -1.33. The lowest BCUT2D eigenvalue weighted by Crippen LogP contribution is -2.41. The monoisotopic (exact) mass is 331 g/mol. The zero-order chi connectivity index (χ0) is 18.0. The fraction of sp³-hybridized carbons (Fsp3) is 0.632. The molecule has 2 N–H and O–H groups in total. The molecule has 1 amide bonds. The molecule has 5 heteroatoms. The van der Waals surface area contributed by atoms with Crippen molar-refractivity contribution < 1.29 is 14.1 Å². The first kappa shape index (κ1) is 19.0. The molecule has 1 aromatic carbocycles. The Bertz CT molecular complexity index is 543. The fourth-order valence-corrected chi connectivity index (χ4v) is 3.08. The third-order valence-corrected chi connectivity index (χ3v) is 5.56. The van der Waals surface area contributed by atoms with Crippen molar-refractivity contribution in [3.05, 3.63) is 35.9 Å². The summed E-state index contributed by atoms with van der Waals surface area (Å²) < 4.78 is 12.3. The van der Waals surface area contributed by atoms with E-state index in [1.807, 2.05) is 52.8 Å². The van der Waals surface area contributed by atoms with Crippen molar-refractivity contribution in [3.8, 4) is 0 Å². The second-order valence-corrected chi connectivity index (χ2v) is 7.86. The third-order valence-electron chi connectivity index (χ3n) is 5.56. The van der Waals surface area contributed by atoms with Gasteiger partial charge in [0.2, 0.25) is 5.91 Å². The first-order chi connectivity index (χ1) is 11.1. The summed E-state index contributed by atoms with van der Waals surface area (Å²) >= 11 is 0. The van der Waals surface area contributed by atoms with Crippen molar-refractivity contribution in [1.29, 1.82) is 0 Å². The number of hydrogen-bond acceptors (Lipinski definition) is 3. The van der Waals surface area contributed by atoms with Gasteiger partial charge in [0.25, 0.3) is 0 Å². The lowest BCUT2D eigenvalue weighted by molar-refractivity contribution is -0.121. The van der Waals surface area contributed by atoms with Crippen molar-refractivity contribution >= 4 is 13.0 Å². The van der Waals surface area contributed by atoms with Gasteiger partial charge in [-0.2, -0.15) is 0 Å². The van der Waals surface area contributed by atoms with E-state index >= 15 is 0 Å². The molecule has 1 aliphatic rings. The lowest BCUT2D eigenvalue weighted by Gasteiger charge is -2.32. The average molecular weight is 331 g/mol. The van der Waals surface area contributed by atoms with Gasteiger partial charge in [0.15, 0.2) is 0 Å². The number of hydrogen-bond donors (Lipinski definition) is 1. The third kappa shape index (κ3) is 4.20. The van der Waals surface area contributed by atoms with E-state index in [0.717, 1.165) is 19.3 Å². The Morgan fingerprint density at radius 3 is 2.17 bits per heavy atom. The molecule has 1 aromatic rings. The van der Waals surface area contributed by atoms with Gasteiger partial charge < -0.3 is 15.0 Å². The highest BCUT2D eigenvalue weighted by Crippen LogP contribution is 2.43. The summed E-state index contributed by atoms with van der Waals surface area (Å²) in [5.74, 6) is -0.614. The summed E-state index contributed by atoms with van der Waals surface area (Å²) in [6.45, 7) is 10.00. The number of carbonyl (C=O) groups is 1. The molecular formula is C19H30BNO3. The predicted octanol–water partition coefficient (Wildman–Crippen LogP) is 3.59. The maximum absolute atomic E-state index is 11.8. The Balaban J connectivity index is 2.04. The quantitative estimate of drug-likeness (QED) is 0.777. The molecule has 0 bridgehead atoms. The van der Waals surface area contributed by atoms with E-state index in [-0.39, 0.29) is 17.6 Å². The molecule has 1 aliphatic heterocycles. The van der Waals surface area contributed by atoms with Crippen molar-refractivity contribution in [3.63, 3.8) is 0 Å². The Kier molecular flexibility index (Phi) is 5.76. The van der Waals surface area contributed by atoms with Crippen LogP contribution in [0.3, 0.4) is 0 Å². The first-order valence-electron chi connectivity index (χ1n) is 8.83. The van der Waals surface area contributed by atoms with Gasteiger partial charge in [-0.3, -0.25) is 4.79 Å². The SMILES string of the molecule is CC(C(N)=O)[C@@H](CCCc1ccccc1)B1OC(C)(C)C(C)(C)O1. The van der Waals surface area contributed by atoms with E-state index in [9.17, 15) is 4.79 Å². The molecule has 0 saturated carbocycles. The number of amides is 1. The summed E-state index contributed by atoms with van der Waals surface area (Å²) in [7, 11) is -0.395. The fourth-order valence-electron chi connectivity index (χ4n) is 3.08. The Labute approximate surface area is 146 Å². The van der Waals surface area contributed by atoms with Gasteiger partial charge >= 0.3 is 7.12 Å². The van der Waals surface area contributed by atoms with Crippen LogP contribution in [0.4, 0.5) is 0 Å². The highest BCUT2D eigenvalue weighted by Gasteiger charge is 2.54. The van der Waals surface area contributed by atoms with Crippen LogP contribution in [0.1, 0.15) is 53.0 Å². The zero-order valence-corrected chi connectivity index (χ0v) is 15.5. The minimum Gasteiger partial charge on any atom is -0.403 e. The normalized spacial score (nSPS) is 21.5. The molecular weight excluding hydrogens is 301 g/mol. The van der Waals surface area contributed by atoms with Gasteiger partial charge in [-0.15, -0.1) is 0 Å². The molecule has 2 rings (SSSR count). The number of nitrogens with two attached hydrogens (primary N) is 1. The van der Waals surface area contributed by atoms with E-state index in [2.05, 4.69) is 12.1 Å². The topological polar surface area (TPSA) is 61.6 Å². The van der Waals surface area contributed by atoms with Crippen molar-refractivity contribution in [2.75, 3.05) is 0 Å². The van der Waals surface area contributed by atoms with Crippen LogP contribution in [-0.4, -0.2) is 24.2 Å². The molecule has 1 saturated heterocycles. The van der Waals surface area contributed by atoms with E-state index in [1.54, 1.807) is 0 Å². The van der Waals surface area contributed by atoms with Crippen LogP contribution < -0.4 is 5.73 Å². The van der Waals surface area contributed by atoms with Gasteiger partial charge in [0.1, 0.15) is 0 Å². The largest absolute Gasteiger partial charge is 0.461 e. The van der Waals surface area contributed by atoms with Crippen LogP contribution in [0.5, 0.6) is 0 Å². The van der Waals surface area contributed by atoms with E-state index in [0.29, 0.717) is 0 Å². The van der Waals surface area contributed by atoms with Gasteiger partial charge in [-0.1, -0.05) is 43.7 Å². The van der Waals surface area contributed by atoms with Crippen LogP contribution in [0.2, 0.25) is 5.82 Å². The van der Waals surface area contributed by atoms with Gasteiger partial charge in [-0.25, -0.2) is 0 Å². The molecule has 132 valence electrons. The maximum Gasteiger partial charge on any atom is 0.461 e. The summed E-state index contributed by atoms with van der Waals surface area (Å²) in [5, 5.41) is 0. The van der Waals surface area contributed by atoms with Crippen molar-refractivity contribution in [1.82, 2.24) is 0 Å². The summed E-state index contributed by atoms with van der Waals surface area (Å²) in [5.41, 5.74) is 6.08. The zero-order valence-electron chi connectivity index (χ0n) is 15.5. The van der Waals surface area contributed by atoms with Crippen LogP contribution in [0, 0.1) is 5.92 Å². The average Bonchev–Trinajstić information content (AvgIpc) is 2.72. The molecule has 4 nitrogen and oxygen atoms in total. The highest BCUT2D eigenvalue weighted by molar-refractivity contribution is 6.48. The highest BCUT2D eigenvalue weighted by atomic mass is 16.7. The predicted molar refractivity (Wildman–Crippen MR) is 97.6 cm³/mol. The van der Waals surface area contributed by atoms with Gasteiger partial charge in [0, 0.05) is 11.7 Å². The molecule has 0 aliphatic carbocycles. The molecule has 0 aromatic heterocycles. The van der Waals surface area contributed by atoms with Crippen LogP contribution in [-0.2, 0) is 20.5 Å². The summed E-state index contributed by atoms with van der Waals surface area (Å²) in [4.78, 5) is 11.8. The first-order valence-corrected chi connectivity index (χ1v) is 8.83. The van der Waals surface area contributed by atoms with Gasteiger partial charge in [0.05, 0.1) is 11.2 Å². The number of aryl methyl sites for hydroxylation is 1. The van der Waals surface area contributed by atoms with E-state index in [1.165, 1.54) is 5.56 Å². The molecule has 1 heterocycles. The van der Waals surface area contributed by atoms with Gasteiger partial charge in [-0.05, 0) is 46.1 Å². The molecule has 0 spiro atoms. The lowest BCUT2D eigenvalue weighted by atomic mass is 9.63. The molecule has 1 unspecified atom stereocenters. The standard InChI is InChI=1S/C19H30BNO3/c1-14(17(21)22)16(13-9-12-15-10-7-6-8-11-15)20-23-18(2,3)19(4,5)24-20/h6-8,10-11,14,16H,9,12-13H2,1-5H3,(H2,21,22)/t14?,16-/m1/s1. The van der Waals surface area contributed by atoms with E-state index in [4.69, 9.17) is 15.0 Å². The summed E-state index contributed by atoms with van der Waals surface area (Å²) in [6, 6.07) is 10.4. The van der Waals surface area contributed by atoms with Crippen molar-refractivity contribution in [2.45, 2.75) is 70.9 Å². The minimum absolute atomic E-state index is 0.0349. The second-order valence-electron chi connectivity index (χ2n) is 7.86. The second kappa shape index (κ2) is 7.28. The van der Waals surface area contributed by atoms with Crippen molar-refractivity contribution in [2.24, 2.45) is 11.7 Å². The maximum atomic E-state index is 11.8. The minimum atomic E-state index is -0.396. The number of rotatable bonds is 7. The summed E-state index contributed by atoms with van der Waals surface area (Å²) in [6.07, 6.45) is 2.79. The molecule has 24 heavy (non-hydrogen) atoms. The molecule has 1 fully saturated rings. The molecule has 2 atom stereocenters. The molecule has 0 radical (unpaired) electrons. The Morgan fingerprint density at radius 1 is 1.12 bits per heavy atom. The smallest absolute Gasteiger partial charge is 0.403 e. The van der Waals surface area contributed by atoms with Crippen LogP contribution in [0.25, 0.3) is 0 Å². The van der Waals surface area contributed by atoms with Crippen LogP contribution in [0.15, 0.2) is 30.3 Å².